The molecule has 0 saturated carbocycles. The van der Waals surface area contributed by atoms with Gasteiger partial charge in [-0.15, -0.1) is 0 Å². The van der Waals surface area contributed by atoms with Crippen LogP contribution < -0.4 is 9.64 Å². The fourth-order valence-electron chi connectivity index (χ4n) is 4.18. The summed E-state index contributed by atoms with van der Waals surface area (Å²) in [4.78, 5) is 24.7. The Labute approximate surface area is 210 Å². The van der Waals surface area contributed by atoms with E-state index in [4.69, 9.17) is 9.72 Å². The van der Waals surface area contributed by atoms with E-state index in [1.54, 1.807) is 17.4 Å². The van der Waals surface area contributed by atoms with Gasteiger partial charge in [0.1, 0.15) is 17.6 Å². The summed E-state index contributed by atoms with van der Waals surface area (Å²) in [6, 6.07) is 27.5. The first-order valence-corrected chi connectivity index (χ1v) is 12.2. The van der Waals surface area contributed by atoms with E-state index in [1.165, 1.54) is 5.56 Å². The molecule has 0 aliphatic heterocycles. The Balaban J connectivity index is 1.50. The van der Waals surface area contributed by atoms with Crippen LogP contribution in [0.1, 0.15) is 35.3 Å². The van der Waals surface area contributed by atoms with E-state index in [9.17, 15) is 4.79 Å². The first-order chi connectivity index (χ1) is 17.7. The molecule has 0 bridgehead atoms. The van der Waals surface area contributed by atoms with E-state index < -0.39 is 0 Å². The van der Waals surface area contributed by atoms with Crippen molar-refractivity contribution >= 4 is 22.8 Å². The first-order valence-electron chi connectivity index (χ1n) is 12.2. The molecule has 0 spiro atoms. The Kier molecular flexibility index (Phi) is 6.76. The maximum Gasteiger partial charge on any atom is 0.258 e. The lowest BCUT2D eigenvalue weighted by Crippen LogP contribution is -2.30. The van der Waals surface area contributed by atoms with E-state index in [2.05, 4.69) is 36.2 Å². The number of imidazole rings is 1. The van der Waals surface area contributed by atoms with E-state index in [0.29, 0.717) is 29.9 Å². The molecule has 0 aliphatic rings. The summed E-state index contributed by atoms with van der Waals surface area (Å²) in [7, 11) is 0. The molecule has 0 aliphatic carbocycles. The lowest BCUT2D eigenvalue weighted by Gasteiger charge is -2.23. The van der Waals surface area contributed by atoms with Gasteiger partial charge in [0.2, 0.25) is 0 Å². The fourth-order valence-corrected chi connectivity index (χ4v) is 4.18. The Morgan fingerprint density at radius 1 is 0.889 bits per heavy atom. The number of nitrogens with zero attached hydrogens (tertiary/aromatic N) is 4. The van der Waals surface area contributed by atoms with E-state index in [1.807, 2.05) is 72.2 Å². The molecule has 3 aromatic carbocycles. The van der Waals surface area contributed by atoms with Gasteiger partial charge in [0.25, 0.3) is 5.91 Å². The highest BCUT2D eigenvalue weighted by Gasteiger charge is 2.20. The minimum atomic E-state index is -0.0812. The van der Waals surface area contributed by atoms with Crippen LogP contribution in [0.2, 0.25) is 0 Å². The van der Waals surface area contributed by atoms with Gasteiger partial charge in [0.15, 0.2) is 5.65 Å². The van der Waals surface area contributed by atoms with Crippen LogP contribution in [0.4, 0.5) is 5.69 Å². The molecule has 0 radical (unpaired) electrons. The molecule has 36 heavy (non-hydrogen) atoms. The number of benzene rings is 3. The van der Waals surface area contributed by atoms with Gasteiger partial charge in [-0.3, -0.25) is 9.36 Å². The topological polar surface area (TPSA) is 60.2 Å². The third kappa shape index (κ3) is 4.84. The summed E-state index contributed by atoms with van der Waals surface area (Å²) in [5, 5.41) is 0. The van der Waals surface area contributed by atoms with Crippen molar-refractivity contribution in [1.82, 2.24) is 14.5 Å². The number of hydrogen-bond donors (Lipinski definition) is 0. The fraction of sp³-hybridized carbons (Fsp3) is 0.167. The quantitative estimate of drug-likeness (QED) is 0.266. The Bertz CT molecular complexity index is 1460. The molecule has 6 heteroatoms. The number of ether oxygens (including phenoxy) is 1. The predicted molar refractivity (Wildman–Crippen MR) is 143 cm³/mol. The van der Waals surface area contributed by atoms with E-state index in [-0.39, 0.29) is 5.91 Å². The van der Waals surface area contributed by atoms with Crippen LogP contribution in [0.25, 0.3) is 16.9 Å². The molecule has 5 aromatic rings. The maximum atomic E-state index is 13.6. The summed E-state index contributed by atoms with van der Waals surface area (Å²) in [6.07, 6.45) is 4.48. The van der Waals surface area contributed by atoms with E-state index in [0.717, 1.165) is 29.1 Å². The summed E-state index contributed by atoms with van der Waals surface area (Å²) in [6.45, 7) is 5.15. The highest BCUT2D eigenvalue weighted by Crippen LogP contribution is 2.25. The third-order valence-corrected chi connectivity index (χ3v) is 6.15. The number of amides is 1. The van der Waals surface area contributed by atoms with Crippen LogP contribution >= 0.6 is 0 Å². The molecule has 6 nitrogen and oxygen atoms in total. The molecular formula is C30H28N4O2. The molecular weight excluding hydrogens is 448 g/mol. The standard InChI is InChI=1S/C30H28N4O2/c1-3-22-10-12-23(13-11-22)20-33(30(35)24-8-6-5-7-9-24)26-18-28-29(31-19-26)34(21-32-28)25-14-16-27(17-15-25)36-4-2/h5-19,21H,3-4,20H2,1-2H3. The van der Waals surface area contributed by atoms with Crippen LogP contribution in [-0.4, -0.2) is 27.0 Å². The second-order valence-corrected chi connectivity index (χ2v) is 8.51. The van der Waals surface area contributed by atoms with Gasteiger partial charge in [-0.25, -0.2) is 9.97 Å². The highest BCUT2D eigenvalue weighted by atomic mass is 16.5. The van der Waals surface area contributed by atoms with Gasteiger partial charge in [-0.2, -0.15) is 0 Å². The van der Waals surface area contributed by atoms with Crippen molar-refractivity contribution in [2.75, 3.05) is 11.5 Å². The number of anilines is 1. The molecule has 5 rings (SSSR count). The van der Waals surface area contributed by atoms with Crippen LogP contribution in [0.5, 0.6) is 5.75 Å². The second-order valence-electron chi connectivity index (χ2n) is 8.51. The van der Waals surface area contributed by atoms with Gasteiger partial charge >= 0.3 is 0 Å². The largest absolute Gasteiger partial charge is 0.494 e. The van der Waals surface area contributed by atoms with Crippen molar-refractivity contribution in [2.24, 2.45) is 0 Å². The van der Waals surface area contributed by atoms with Crippen molar-refractivity contribution in [2.45, 2.75) is 26.8 Å². The molecule has 180 valence electrons. The first kappa shape index (κ1) is 23.3. The average molecular weight is 477 g/mol. The zero-order valence-electron chi connectivity index (χ0n) is 20.5. The lowest BCUT2D eigenvalue weighted by molar-refractivity contribution is 0.0985. The minimum absolute atomic E-state index is 0.0812. The maximum absolute atomic E-state index is 13.6. The van der Waals surface area contributed by atoms with Crippen molar-refractivity contribution in [3.05, 3.63) is 114 Å². The van der Waals surface area contributed by atoms with Gasteiger partial charge in [0.05, 0.1) is 25.0 Å². The minimum Gasteiger partial charge on any atom is -0.494 e. The Morgan fingerprint density at radius 2 is 1.61 bits per heavy atom. The average Bonchev–Trinajstić information content (AvgIpc) is 3.36. The zero-order chi connectivity index (χ0) is 24.9. The Hall–Kier alpha value is -4.45. The predicted octanol–water partition coefficient (Wildman–Crippen LogP) is 6.23. The molecule has 0 atom stereocenters. The highest BCUT2D eigenvalue weighted by molar-refractivity contribution is 6.06. The van der Waals surface area contributed by atoms with Crippen molar-refractivity contribution in [3.8, 4) is 11.4 Å². The van der Waals surface area contributed by atoms with E-state index >= 15 is 0 Å². The molecule has 1 amide bonds. The number of fused-ring (bicyclic) bond motifs is 1. The summed E-state index contributed by atoms with van der Waals surface area (Å²) in [5.41, 5.74) is 6.03. The number of carbonyl (C=O) groups is 1. The molecule has 0 N–H and O–H groups in total. The Morgan fingerprint density at radius 3 is 2.31 bits per heavy atom. The van der Waals surface area contributed by atoms with Crippen LogP contribution in [0.15, 0.2) is 97.5 Å². The van der Waals surface area contributed by atoms with Crippen LogP contribution in [0, 0.1) is 0 Å². The SMILES string of the molecule is CCOc1ccc(-n2cnc3cc(N(Cc4ccc(CC)cc4)C(=O)c4ccccc4)cnc32)cc1. The van der Waals surface area contributed by atoms with Gasteiger partial charge in [0, 0.05) is 11.3 Å². The zero-order valence-corrected chi connectivity index (χ0v) is 20.5. The van der Waals surface area contributed by atoms with Crippen molar-refractivity contribution in [3.63, 3.8) is 0 Å². The number of rotatable bonds is 8. The number of aryl methyl sites for hydroxylation is 1. The summed E-state index contributed by atoms with van der Waals surface area (Å²) >= 11 is 0. The number of carbonyl (C=O) groups excluding carboxylic acids is 1. The lowest BCUT2D eigenvalue weighted by atomic mass is 10.1. The molecule has 2 heterocycles. The number of aromatic nitrogens is 3. The second kappa shape index (κ2) is 10.4. The van der Waals surface area contributed by atoms with Gasteiger partial charge in [-0.1, -0.05) is 49.4 Å². The smallest absolute Gasteiger partial charge is 0.258 e. The third-order valence-electron chi connectivity index (χ3n) is 6.15. The van der Waals surface area contributed by atoms with Gasteiger partial charge in [-0.05, 0) is 66.9 Å². The van der Waals surface area contributed by atoms with Crippen LogP contribution in [0.3, 0.4) is 0 Å². The van der Waals surface area contributed by atoms with Crippen LogP contribution in [-0.2, 0) is 13.0 Å². The summed E-state index contributed by atoms with van der Waals surface area (Å²) in [5.74, 6) is 0.741. The van der Waals surface area contributed by atoms with Crippen molar-refractivity contribution in [1.29, 1.82) is 0 Å². The number of hydrogen-bond acceptors (Lipinski definition) is 4. The molecule has 0 saturated heterocycles. The van der Waals surface area contributed by atoms with Crippen molar-refractivity contribution < 1.29 is 9.53 Å². The number of pyridine rings is 1. The monoisotopic (exact) mass is 476 g/mol. The normalized spacial score (nSPS) is 10.9. The molecule has 0 unspecified atom stereocenters. The molecule has 2 aromatic heterocycles. The molecule has 0 fully saturated rings. The van der Waals surface area contributed by atoms with Gasteiger partial charge < -0.3 is 9.64 Å². The summed E-state index contributed by atoms with van der Waals surface area (Å²) < 4.78 is 7.48.